The number of aromatic nitrogens is 2. The predicted octanol–water partition coefficient (Wildman–Crippen LogP) is 3.29. The molecule has 3 rings (SSSR count). The number of nitrogens with zero attached hydrogens (tertiary/aromatic N) is 2. The minimum Gasteiger partial charge on any atom is -0.481 e. The Morgan fingerprint density at radius 3 is 2.79 bits per heavy atom. The fourth-order valence-corrected chi connectivity index (χ4v) is 3.10. The third-order valence-corrected chi connectivity index (χ3v) is 4.36. The summed E-state index contributed by atoms with van der Waals surface area (Å²) in [5.41, 5.74) is 2.67. The molecule has 0 fully saturated rings. The van der Waals surface area contributed by atoms with Crippen molar-refractivity contribution in [1.82, 2.24) is 9.38 Å². The normalized spacial score (nSPS) is 11.0. The lowest BCUT2D eigenvalue weighted by Crippen LogP contribution is -2.02. The number of halogens is 1. The summed E-state index contributed by atoms with van der Waals surface area (Å²) in [6.45, 7) is 0. The van der Waals surface area contributed by atoms with Crippen molar-refractivity contribution in [1.29, 1.82) is 0 Å². The van der Waals surface area contributed by atoms with Gasteiger partial charge >= 0.3 is 5.97 Å². The Bertz CT molecular complexity index is 746. The minimum atomic E-state index is -0.829. The Morgan fingerprint density at radius 1 is 1.37 bits per heavy atom. The molecule has 1 aromatic carbocycles. The molecule has 0 atom stereocenters. The van der Waals surface area contributed by atoms with Gasteiger partial charge in [0.25, 0.3) is 0 Å². The van der Waals surface area contributed by atoms with Gasteiger partial charge in [-0.2, -0.15) is 0 Å². The van der Waals surface area contributed by atoms with Gasteiger partial charge in [-0.3, -0.25) is 9.20 Å². The van der Waals surface area contributed by atoms with E-state index in [1.54, 1.807) is 0 Å². The highest BCUT2D eigenvalue weighted by Crippen LogP contribution is 2.24. The van der Waals surface area contributed by atoms with E-state index in [0.717, 1.165) is 21.9 Å². The van der Waals surface area contributed by atoms with E-state index >= 15 is 0 Å². The summed E-state index contributed by atoms with van der Waals surface area (Å²) in [5, 5.41) is 10.7. The lowest BCUT2D eigenvalue weighted by Gasteiger charge is -1.96. The van der Waals surface area contributed by atoms with E-state index < -0.39 is 5.97 Å². The monoisotopic (exact) mass is 384 g/mol. The molecule has 0 saturated heterocycles. The van der Waals surface area contributed by atoms with Crippen LogP contribution in [-0.2, 0) is 11.2 Å². The van der Waals surface area contributed by atoms with E-state index in [9.17, 15) is 4.79 Å². The number of rotatable bonds is 3. The lowest BCUT2D eigenvalue weighted by atomic mass is 10.2. The summed E-state index contributed by atoms with van der Waals surface area (Å²) >= 11 is 3.72. The number of hydrogen-bond donors (Lipinski definition) is 1. The molecule has 0 saturated carbocycles. The first-order valence-corrected chi connectivity index (χ1v) is 7.52. The van der Waals surface area contributed by atoms with Gasteiger partial charge in [0.15, 0.2) is 4.96 Å². The van der Waals surface area contributed by atoms with Gasteiger partial charge in [-0.15, -0.1) is 11.3 Å². The van der Waals surface area contributed by atoms with E-state index in [2.05, 4.69) is 27.6 Å². The Morgan fingerprint density at radius 2 is 2.11 bits per heavy atom. The van der Waals surface area contributed by atoms with Gasteiger partial charge in [-0.1, -0.05) is 12.1 Å². The molecular weight excluding hydrogens is 375 g/mol. The van der Waals surface area contributed by atoms with Crippen molar-refractivity contribution < 1.29 is 9.90 Å². The number of carbonyl (C=O) groups is 1. The number of thiazole rings is 1. The second kappa shape index (κ2) is 4.93. The highest BCUT2D eigenvalue weighted by Gasteiger charge is 2.11. The van der Waals surface area contributed by atoms with Gasteiger partial charge in [0.2, 0.25) is 0 Å². The minimum absolute atomic E-state index is 0.0164. The first-order chi connectivity index (χ1) is 9.13. The number of hydrogen-bond acceptors (Lipinski definition) is 3. The van der Waals surface area contributed by atoms with Crippen LogP contribution in [0.4, 0.5) is 0 Å². The molecule has 0 bridgehead atoms. The predicted molar refractivity (Wildman–Crippen MR) is 82.6 cm³/mol. The maximum atomic E-state index is 10.8. The van der Waals surface area contributed by atoms with E-state index in [4.69, 9.17) is 5.11 Å². The van der Waals surface area contributed by atoms with Crippen LogP contribution in [0, 0.1) is 3.57 Å². The Kier molecular flexibility index (Phi) is 3.28. The Balaban J connectivity index is 2.04. The van der Waals surface area contributed by atoms with Crippen LogP contribution in [0.1, 0.15) is 5.69 Å². The number of fused-ring (bicyclic) bond motifs is 1. The van der Waals surface area contributed by atoms with Gasteiger partial charge in [-0.25, -0.2) is 4.98 Å². The van der Waals surface area contributed by atoms with Crippen LogP contribution in [0.15, 0.2) is 35.8 Å². The van der Waals surface area contributed by atoms with E-state index in [1.165, 1.54) is 14.9 Å². The van der Waals surface area contributed by atoms with Crippen LogP contribution in [-0.4, -0.2) is 20.5 Å². The molecule has 0 aliphatic rings. The number of imidazole rings is 1. The number of carboxylic acid groups (broad SMARTS) is 1. The molecular formula is C13H9IN2O2S. The van der Waals surface area contributed by atoms with Crippen LogP contribution in [0.3, 0.4) is 0 Å². The number of aliphatic carboxylic acids is 1. The van der Waals surface area contributed by atoms with Crippen molar-refractivity contribution in [3.63, 3.8) is 0 Å². The largest absolute Gasteiger partial charge is 0.481 e. The maximum absolute atomic E-state index is 10.8. The van der Waals surface area contributed by atoms with E-state index in [0.29, 0.717) is 0 Å². The summed E-state index contributed by atoms with van der Waals surface area (Å²) in [5.74, 6) is -0.829. The average Bonchev–Trinajstić information content (AvgIpc) is 2.92. The zero-order chi connectivity index (χ0) is 13.4. The van der Waals surface area contributed by atoms with E-state index in [1.807, 2.05) is 40.2 Å². The quantitative estimate of drug-likeness (QED) is 0.706. The lowest BCUT2D eigenvalue weighted by molar-refractivity contribution is -0.136. The van der Waals surface area contributed by atoms with Gasteiger partial charge < -0.3 is 5.11 Å². The average molecular weight is 384 g/mol. The second-order valence-corrected chi connectivity index (χ2v) is 6.17. The third-order valence-electron chi connectivity index (χ3n) is 2.76. The highest BCUT2D eigenvalue weighted by molar-refractivity contribution is 14.1. The second-order valence-electron chi connectivity index (χ2n) is 4.08. The van der Waals surface area contributed by atoms with Crippen LogP contribution in [0.25, 0.3) is 16.2 Å². The molecule has 2 aromatic heterocycles. The van der Waals surface area contributed by atoms with Crippen molar-refractivity contribution in [3.8, 4) is 11.3 Å². The molecule has 4 nitrogen and oxygen atoms in total. The number of benzene rings is 1. The van der Waals surface area contributed by atoms with Gasteiger partial charge in [0.05, 0.1) is 12.1 Å². The molecule has 0 spiro atoms. The molecule has 3 aromatic rings. The fourth-order valence-electron chi connectivity index (χ4n) is 1.87. The molecule has 0 unspecified atom stereocenters. The van der Waals surface area contributed by atoms with Crippen molar-refractivity contribution >= 4 is 44.9 Å². The third kappa shape index (κ3) is 2.50. The fraction of sp³-hybridized carbons (Fsp3) is 0.0769. The molecule has 1 N–H and O–H groups in total. The SMILES string of the molecule is O=C(O)Cc1csc2nc(-c3ccc(I)cc3)cn12. The summed E-state index contributed by atoms with van der Waals surface area (Å²) in [7, 11) is 0. The van der Waals surface area contributed by atoms with Crippen molar-refractivity contribution in [2.75, 3.05) is 0 Å². The summed E-state index contributed by atoms with van der Waals surface area (Å²) < 4.78 is 3.03. The standard InChI is InChI=1S/C13H9IN2O2S/c14-9-3-1-8(2-4-9)11-6-16-10(5-12(17)18)7-19-13(16)15-11/h1-4,6-7H,5H2,(H,17,18). The van der Waals surface area contributed by atoms with Crippen LogP contribution >= 0.6 is 33.9 Å². The van der Waals surface area contributed by atoms with Crippen molar-refractivity contribution in [2.24, 2.45) is 0 Å². The zero-order valence-electron chi connectivity index (χ0n) is 9.71. The molecule has 0 aliphatic carbocycles. The molecule has 0 radical (unpaired) electrons. The van der Waals surface area contributed by atoms with Crippen LogP contribution < -0.4 is 0 Å². The smallest absolute Gasteiger partial charge is 0.309 e. The van der Waals surface area contributed by atoms with E-state index in [-0.39, 0.29) is 6.42 Å². The molecule has 6 heteroatoms. The Hall–Kier alpha value is -1.41. The first kappa shape index (κ1) is 12.6. The first-order valence-electron chi connectivity index (χ1n) is 5.56. The molecule has 96 valence electrons. The zero-order valence-corrected chi connectivity index (χ0v) is 12.7. The molecule has 19 heavy (non-hydrogen) atoms. The molecule has 2 heterocycles. The van der Waals surface area contributed by atoms with Gasteiger partial charge in [0.1, 0.15) is 0 Å². The molecule has 0 aliphatic heterocycles. The topological polar surface area (TPSA) is 54.6 Å². The number of carboxylic acids is 1. The van der Waals surface area contributed by atoms with Gasteiger partial charge in [-0.05, 0) is 34.7 Å². The maximum Gasteiger partial charge on any atom is 0.309 e. The summed E-state index contributed by atoms with van der Waals surface area (Å²) in [6, 6.07) is 8.10. The van der Waals surface area contributed by atoms with Gasteiger partial charge in [0, 0.05) is 26.4 Å². The molecule has 0 amide bonds. The van der Waals surface area contributed by atoms with Crippen LogP contribution in [0.5, 0.6) is 0 Å². The Labute approximate surface area is 126 Å². The van der Waals surface area contributed by atoms with Crippen LogP contribution in [0.2, 0.25) is 0 Å². The van der Waals surface area contributed by atoms with Crippen molar-refractivity contribution in [2.45, 2.75) is 6.42 Å². The highest BCUT2D eigenvalue weighted by atomic mass is 127. The van der Waals surface area contributed by atoms with Crippen molar-refractivity contribution in [3.05, 3.63) is 45.1 Å². The summed E-state index contributed by atoms with van der Waals surface area (Å²) in [4.78, 5) is 16.1. The summed E-state index contributed by atoms with van der Waals surface area (Å²) in [6.07, 6.45) is 1.91.